The van der Waals surface area contributed by atoms with Crippen LogP contribution in [0.2, 0.25) is 0 Å². The molecule has 1 heterocycles. The van der Waals surface area contributed by atoms with E-state index in [9.17, 15) is 9.59 Å². The Morgan fingerprint density at radius 1 is 1.15 bits per heavy atom. The summed E-state index contributed by atoms with van der Waals surface area (Å²) in [5.41, 5.74) is 1.27. The van der Waals surface area contributed by atoms with E-state index >= 15 is 0 Å². The van der Waals surface area contributed by atoms with Crippen molar-refractivity contribution in [1.29, 1.82) is 0 Å². The number of amides is 2. The number of aromatic carboxylic acids is 1. The number of carbonyl (C=O) groups excluding carboxylic acids is 1. The van der Waals surface area contributed by atoms with Crippen molar-refractivity contribution < 1.29 is 14.7 Å². The van der Waals surface area contributed by atoms with Crippen molar-refractivity contribution in [2.75, 3.05) is 10.6 Å². The lowest BCUT2D eigenvalue weighted by molar-refractivity contribution is 0.0697. The molecule has 1 aromatic carbocycles. The minimum Gasteiger partial charge on any atom is -0.478 e. The van der Waals surface area contributed by atoms with Crippen LogP contribution in [0.3, 0.4) is 0 Å². The summed E-state index contributed by atoms with van der Waals surface area (Å²) in [4.78, 5) is 30.5. The lowest BCUT2D eigenvalue weighted by Gasteiger charge is -2.11. The van der Waals surface area contributed by atoms with Gasteiger partial charge in [0.15, 0.2) is 0 Å². The fraction of sp³-hybridized carbons (Fsp3) is 0.0769. The molecule has 0 saturated carbocycles. The lowest BCUT2D eigenvalue weighted by Crippen LogP contribution is -2.21. The van der Waals surface area contributed by atoms with Crippen LogP contribution in [0.1, 0.15) is 15.9 Å². The molecule has 1 aromatic heterocycles. The fourth-order valence-electron chi connectivity index (χ4n) is 1.70. The van der Waals surface area contributed by atoms with Gasteiger partial charge in [-0.05, 0) is 18.6 Å². The maximum Gasteiger partial charge on any atom is 0.338 e. The van der Waals surface area contributed by atoms with Gasteiger partial charge in [0.2, 0.25) is 0 Å². The molecule has 2 rings (SSSR count). The molecule has 0 radical (unpaired) electrons. The van der Waals surface area contributed by atoms with Crippen LogP contribution < -0.4 is 10.6 Å². The molecule has 0 aliphatic carbocycles. The highest BCUT2D eigenvalue weighted by Gasteiger charge is 2.14. The van der Waals surface area contributed by atoms with E-state index < -0.39 is 12.0 Å². The number of rotatable bonds is 3. The molecule has 0 aliphatic rings. The van der Waals surface area contributed by atoms with Crippen LogP contribution in [-0.2, 0) is 0 Å². The Morgan fingerprint density at radius 2 is 1.85 bits per heavy atom. The summed E-state index contributed by atoms with van der Waals surface area (Å²) in [5, 5.41) is 14.2. The third-order valence-electron chi connectivity index (χ3n) is 2.55. The average Bonchev–Trinajstić information content (AvgIpc) is 2.39. The Labute approximate surface area is 114 Å². The molecule has 3 N–H and O–H groups in total. The van der Waals surface area contributed by atoms with E-state index in [0.29, 0.717) is 11.3 Å². The number of benzene rings is 1. The molecule has 2 aromatic rings. The third-order valence-corrected chi connectivity index (χ3v) is 2.55. The molecular weight excluding hydrogens is 260 g/mol. The van der Waals surface area contributed by atoms with Gasteiger partial charge in [-0.1, -0.05) is 12.1 Å². The standard InChI is InChI=1S/C13H12N4O3/c1-8-3-2-4-10(11(8)12(18)19)17-13(20)16-9-5-14-7-15-6-9/h2-7H,1H3,(H,18,19)(H2,16,17,20). The number of anilines is 2. The highest BCUT2D eigenvalue weighted by atomic mass is 16.4. The highest BCUT2D eigenvalue weighted by Crippen LogP contribution is 2.19. The van der Waals surface area contributed by atoms with E-state index in [1.807, 2.05) is 0 Å². The largest absolute Gasteiger partial charge is 0.478 e. The molecule has 0 atom stereocenters. The molecule has 7 heteroatoms. The van der Waals surface area contributed by atoms with E-state index in [1.165, 1.54) is 24.8 Å². The number of aryl methyl sites for hydroxylation is 1. The Balaban J connectivity index is 2.16. The van der Waals surface area contributed by atoms with Gasteiger partial charge in [-0.3, -0.25) is 0 Å². The summed E-state index contributed by atoms with van der Waals surface area (Å²) in [6, 6.07) is 4.30. The molecule has 0 bridgehead atoms. The van der Waals surface area contributed by atoms with Crippen LogP contribution in [0.5, 0.6) is 0 Å². The maximum absolute atomic E-state index is 11.8. The van der Waals surface area contributed by atoms with Crippen molar-refractivity contribution in [2.24, 2.45) is 0 Å². The average molecular weight is 272 g/mol. The molecule has 2 amide bonds. The van der Waals surface area contributed by atoms with Crippen molar-refractivity contribution in [2.45, 2.75) is 6.92 Å². The summed E-state index contributed by atoms with van der Waals surface area (Å²) in [7, 11) is 0. The monoisotopic (exact) mass is 272 g/mol. The highest BCUT2D eigenvalue weighted by molar-refractivity contribution is 6.05. The summed E-state index contributed by atoms with van der Waals surface area (Å²) >= 11 is 0. The van der Waals surface area contributed by atoms with Crippen LogP contribution in [0, 0.1) is 6.92 Å². The number of urea groups is 1. The first-order chi connectivity index (χ1) is 9.58. The normalized spacial score (nSPS) is 9.85. The molecule has 7 nitrogen and oxygen atoms in total. The smallest absolute Gasteiger partial charge is 0.338 e. The van der Waals surface area contributed by atoms with Gasteiger partial charge in [-0.2, -0.15) is 0 Å². The van der Waals surface area contributed by atoms with Gasteiger partial charge in [0.05, 0.1) is 29.3 Å². The van der Waals surface area contributed by atoms with E-state index in [0.717, 1.165) is 0 Å². The van der Waals surface area contributed by atoms with Crippen LogP contribution in [0.25, 0.3) is 0 Å². The number of hydrogen-bond acceptors (Lipinski definition) is 4. The summed E-state index contributed by atoms with van der Waals surface area (Å²) < 4.78 is 0. The second-order valence-corrected chi connectivity index (χ2v) is 4.01. The predicted molar refractivity (Wildman–Crippen MR) is 72.8 cm³/mol. The Bertz CT molecular complexity index is 643. The maximum atomic E-state index is 11.8. The molecule has 0 spiro atoms. The molecule has 0 aliphatic heterocycles. The first-order valence-electron chi connectivity index (χ1n) is 5.74. The van der Waals surface area contributed by atoms with Crippen molar-refractivity contribution in [3.63, 3.8) is 0 Å². The zero-order chi connectivity index (χ0) is 14.5. The van der Waals surface area contributed by atoms with E-state index in [4.69, 9.17) is 5.11 Å². The molecule has 0 saturated heterocycles. The zero-order valence-electron chi connectivity index (χ0n) is 10.6. The fourth-order valence-corrected chi connectivity index (χ4v) is 1.70. The van der Waals surface area contributed by atoms with Gasteiger partial charge >= 0.3 is 12.0 Å². The van der Waals surface area contributed by atoms with Crippen molar-refractivity contribution in [1.82, 2.24) is 9.97 Å². The number of carboxylic acids is 1. The van der Waals surface area contributed by atoms with Gasteiger partial charge in [0, 0.05) is 0 Å². The molecule has 102 valence electrons. The summed E-state index contributed by atoms with van der Waals surface area (Å²) in [6.07, 6.45) is 4.20. The minimum absolute atomic E-state index is 0.0620. The van der Waals surface area contributed by atoms with Crippen molar-refractivity contribution in [3.05, 3.63) is 48.0 Å². The van der Waals surface area contributed by atoms with E-state index in [1.54, 1.807) is 19.1 Å². The summed E-state index contributed by atoms with van der Waals surface area (Å²) in [6.45, 7) is 1.66. The number of carbonyl (C=O) groups is 2. The van der Waals surface area contributed by atoms with Gasteiger partial charge in [0.25, 0.3) is 0 Å². The molecule has 0 unspecified atom stereocenters. The van der Waals surface area contributed by atoms with E-state index in [2.05, 4.69) is 20.6 Å². The minimum atomic E-state index is -1.10. The quantitative estimate of drug-likeness (QED) is 0.793. The first-order valence-corrected chi connectivity index (χ1v) is 5.74. The number of hydrogen-bond donors (Lipinski definition) is 3. The Morgan fingerprint density at radius 3 is 2.50 bits per heavy atom. The first kappa shape index (κ1) is 13.5. The van der Waals surface area contributed by atoms with Crippen LogP contribution in [0.15, 0.2) is 36.9 Å². The van der Waals surface area contributed by atoms with E-state index in [-0.39, 0.29) is 11.3 Å². The Kier molecular flexibility index (Phi) is 3.90. The SMILES string of the molecule is Cc1cccc(NC(=O)Nc2cncnc2)c1C(=O)O. The third kappa shape index (κ3) is 3.08. The number of nitrogens with one attached hydrogen (secondary N) is 2. The zero-order valence-corrected chi connectivity index (χ0v) is 10.6. The van der Waals surface area contributed by atoms with Crippen molar-refractivity contribution >= 4 is 23.4 Å². The van der Waals surface area contributed by atoms with Gasteiger partial charge in [-0.15, -0.1) is 0 Å². The molecule has 0 fully saturated rings. The second kappa shape index (κ2) is 5.79. The van der Waals surface area contributed by atoms with Gasteiger partial charge < -0.3 is 15.7 Å². The predicted octanol–water partition coefficient (Wildman–Crippen LogP) is 2.13. The number of carboxylic acid groups (broad SMARTS) is 1. The molecule has 20 heavy (non-hydrogen) atoms. The number of aromatic nitrogens is 2. The van der Waals surface area contributed by atoms with Gasteiger partial charge in [0.1, 0.15) is 6.33 Å². The van der Waals surface area contributed by atoms with Crippen LogP contribution >= 0.6 is 0 Å². The van der Waals surface area contributed by atoms with Gasteiger partial charge in [-0.25, -0.2) is 19.6 Å². The summed E-state index contributed by atoms with van der Waals surface area (Å²) in [5.74, 6) is -1.10. The topological polar surface area (TPSA) is 104 Å². The van der Waals surface area contributed by atoms with Crippen molar-refractivity contribution in [3.8, 4) is 0 Å². The Hall–Kier alpha value is -2.96. The lowest BCUT2D eigenvalue weighted by atomic mass is 10.1. The molecular formula is C13H12N4O3. The second-order valence-electron chi connectivity index (χ2n) is 4.01. The van der Waals surface area contributed by atoms with Crippen LogP contribution in [0.4, 0.5) is 16.2 Å². The number of nitrogens with zero attached hydrogens (tertiary/aromatic N) is 2. The van der Waals surface area contributed by atoms with Crippen LogP contribution in [-0.4, -0.2) is 27.1 Å².